The lowest BCUT2D eigenvalue weighted by molar-refractivity contribution is 0.0343. The highest BCUT2D eigenvalue weighted by Crippen LogP contribution is 2.49. The van der Waals surface area contributed by atoms with Crippen LogP contribution in [-0.4, -0.2) is 55.3 Å². The Morgan fingerprint density at radius 3 is 2.62 bits per heavy atom. The average molecular weight is 531 g/mol. The minimum absolute atomic E-state index is 0.126. The van der Waals surface area contributed by atoms with E-state index in [2.05, 4.69) is 5.32 Å². The first kappa shape index (κ1) is 25.0. The van der Waals surface area contributed by atoms with Crippen LogP contribution in [-0.2, 0) is 0 Å². The Kier molecular flexibility index (Phi) is 6.29. The van der Waals surface area contributed by atoms with Crippen LogP contribution in [0.15, 0.2) is 66.7 Å². The summed E-state index contributed by atoms with van der Waals surface area (Å²) in [6.07, 6.45) is 0.539. The molecule has 0 saturated carbocycles. The van der Waals surface area contributed by atoms with Crippen LogP contribution in [0.2, 0.25) is 0 Å². The highest BCUT2D eigenvalue weighted by atomic mass is 19.1. The number of fused-ring (bicyclic) bond motifs is 4. The Bertz CT molecular complexity index is 1420. The number of piperazine rings is 1. The molecule has 8 nitrogen and oxygen atoms in total. The first-order chi connectivity index (χ1) is 18.9. The summed E-state index contributed by atoms with van der Waals surface area (Å²) < 4.78 is 26.5. The summed E-state index contributed by atoms with van der Waals surface area (Å²) in [5.74, 6) is 0.879. The number of para-hydroxylation sites is 2. The number of rotatable bonds is 5. The van der Waals surface area contributed by atoms with E-state index in [1.54, 1.807) is 40.1 Å². The van der Waals surface area contributed by atoms with Gasteiger partial charge in [-0.25, -0.2) is 9.18 Å². The quantitative estimate of drug-likeness (QED) is 0.505. The van der Waals surface area contributed by atoms with Gasteiger partial charge < -0.3 is 24.6 Å². The van der Waals surface area contributed by atoms with Crippen molar-refractivity contribution >= 4 is 23.3 Å². The minimum atomic E-state index is -0.972. The fourth-order valence-electron chi connectivity index (χ4n) is 5.84. The number of halogens is 1. The van der Waals surface area contributed by atoms with Crippen LogP contribution >= 0.6 is 0 Å². The Morgan fingerprint density at radius 2 is 1.85 bits per heavy atom. The fraction of sp³-hybridized carbons (Fsp3) is 0.333. The van der Waals surface area contributed by atoms with Gasteiger partial charge >= 0.3 is 6.03 Å². The number of carbonyl (C=O) groups excluding carboxylic acids is 2. The zero-order valence-electron chi connectivity index (χ0n) is 22.0. The fourth-order valence-corrected chi connectivity index (χ4v) is 5.84. The number of hydrogen-bond donors (Lipinski definition) is 1. The highest BCUT2D eigenvalue weighted by molar-refractivity contribution is 5.99. The lowest BCUT2D eigenvalue weighted by Crippen LogP contribution is -2.65. The summed E-state index contributed by atoms with van der Waals surface area (Å²) in [5.41, 5.74) is 1.53. The summed E-state index contributed by atoms with van der Waals surface area (Å²) in [6, 6.07) is 19.0. The lowest BCUT2D eigenvalue weighted by Gasteiger charge is -2.50. The maximum atomic E-state index is 14.2. The van der Waals surface area contributed by atoms with Crippen LogP contribution in [0.25, 0.3) is 0 Å². The monoisotopic (exact) mass is 530 g/mol. The molecule has 2 unspecified atom stereocenters. The van der Waals surface area contributed by atoms with Crippen LogP contribution in [0.5, 0.6) is 11.5 Å². The van der Waals surface area contributed by atoms with E-state index in [9.17, 15) is 14.0 Å². The molecule has 2 fully saturated rings. The highest BCUT2D eigenvalue weighted by Gasteiger charge is 2.50. The molecule has 0 aliphatic carbocycles. The third-order valence-corrected chi connectivity index (χ3v) is 7.67. The third-order valence-electron chi connectivity index (χ3n) is 7.67. The molecule has 0 aromatic heterocycles. The second-order valence-corrected chi connectivity index (χ2v) is 10.2. The van der Waals surface area contributed by atoms with Crippen molar-refractivity contribution in [3.8, 4) is 11.5 Å². The molecule has 3 aromatic carbocycles. The zero-order valence-corrected chi connectivity index (χ0v) is 22.0. The van der Waals surface area contributed by atoms with Gasteiger partial charge in [0.25, 0.3) is 5.91 Å². The Balaban J connectivity index is 1.23. The van der Waals surface area contributed by atoms with Gasteiger partial charge in [-0.05, 0) is 50.2 Å². The van der Waals surface area contributed by atoms with Gasteiger partial charge in [0.05, 0.1) is 24.0 Å². The molecular weight excluding hydrogens is 499 g/mol. The van der Waals surface area contributed by atoms with Crippen LogP contribution in [0.4, 0.5) is 20.6 Å². The molecule has 0 spiro atoms. The maximum Gasteiger partial charge on any atom is 0.325 e. The van der Waals surface area contributed by atoms with Crippen molar-refractivity contribution in [3.63, 3.8) is 0 Å². The predicted octanol–water partition coefficient (Wildman–Crippen LogP) is 4.96. The van der Waals surface area contributed by atoms with E-state index in [0.717, 1.165) is 5.56 Å². The van der Waals surface area contributed by atoms with Gasteiger partial charge in [0, 0.05) is 43.7 Å². The molecule has 3 amide bonds. The van der Waals surface area contributed by atoms with Gasteiger partial charge in [0.2, 0.25) is 0 Å². The number of anilines is 2. The summed E-state index contributed by atoms with van der Waals surface area (Å²) in [5, 5.41) is 3.10. The van der Waals surface area contributed by atoms with Gasteiger partial charge in [0.1, 0.15) is 5.82 Å². The summed E-state index contributed by atoms with van der Waals surface area (Å²) in [6.45, 7) is 6.33. The maximum absolute atomic E-state index is 14.2. The SMILES string of the molecule is CCOc1cccc2c1OC1(C)CC2NC(=O)N1c1cccc(C(=O)N2CCN(c3ccccc3F)CC2)c1. The average Bonchev–Trinajstić information content (AvgIpc) is 2.93. The molecule has 1 N–H and O–H groups in total. The number of nitrogens with one attached hydrogen (secondary N) is 1. The summed E-state index contributed by atoms with van der Waals surface area (Å²) in [7, 11) is 0. The van der Waals surface area contributed by atoms with Crippen LogP contribution in [0.3, 0.4) is 0 Å². The van der Waals surface area contributed by atoms with Gasteiger partial charge in [-0.15, -0.1) is 0 Å². The van der Waals surface area contributed by atoms with Crippen LogP contribution < -0.4 is 24.6 Å². The molecule has 0 radical (unpaired) electrons. The molecule has 2 saturated heterocycles. The molecule has 39 heavy (non-hydrogen) atoms. The number of urea groups is 1. The molecule has 3 aliphatic rings. The second-order valence-electron chi connectivity index (χ2n) is 10.2. The van der Waals surface area contributed by atoms with Gasteiger partial charge in [-0.1, -0.05) is 30.3 Å². The molecule has 9 heteroatoms. The molecule has 2 atom stereocenters. The first-order valence-corrected chi connectivity index (χ1v) is 13.3. The zero-order chi connectivity index (χ0) is 27.1. The number of carbonyl (C=O) groups is 2. The van der Waals surface area contributed by atoms with Gasteiger partial charge in [0.15, 0.2) is 17.2 Å². The van der Waals surface area contributed by atoms with Crippen molar-refractivity contribution in [1.82, 2.24) is 10.2 Å². The molecule has 202 valence electrons. The van der Waals surface area contributed by atoms with E-state index in [1.165, 1.54) is 6.07 Å². The van der Waals surface area contributed by atoms with E-state index < -0.39 is 5.72 Å². The van der Waals surface area contributed by atoms with E-state index in [0.29, 0.717) is 67.6 Å². The molecule has 6 rings (SSSR count). The Hall–Kier alpha value is -4.27. The van der Waals surface area contributed by atoms with Crippen molar-refractivity contribution in [1.29, 1.82) is 0 Å². The smallest absolute Gasteiger partial charge is 0.325 e. The van der Waals surface area contributed by atoms with Crippen molar-refractivity contribution < 1.29 is 23.5 Å². The lowest BCUT2D eigenvalue weighted by atomic mass is 9.89. The van der Waals surface area contributed by atoms with Crippen molar-refractivity contribution in [2.24, 2.45) is 0 Å². The predicted molar refractivity (Wildman–Crippen MR) is 146 cm³/mol. The van der Waals surface area contributed by atoms with Crippen LogP contribution in [0.1, 0.15) is 42.2 Å². The number of ether oxygens (including phenoxy) is 2. The molecule has 2 bridgehead atoms. The number of amides is 3. The van der Waals surface area contributed by atoms with Gasteiger partial charge in [-0.2, -0.15) is 0 Å². The van der Waals surface area contributed by atoms with Gasteiger partial charge in [-0.3, -0.25) is 9.69 Å². The van der Waals surface area contributed by atoms with Crippen molar-refractivity contribution in [2.45, 2.75) is 32.0 Å². The van der Waals surface area contributed by atoms with E-state index in [4.69, 9.17) is 9.47 Å². The minimum Gasteiger partial charge on any atom is -0.490 e. The molecule has 3 aromatic rings. The Labute approximate surface area is 226 Å². The standard InChI is InChI=1S/C30H31FN4O4/c1-3-38-26-13-7-10-22-24-19-30(2,39-27(22)26)35(29(37)32-24)21-9-6-8-20(18-21)28(36)34-16-14-33(15-17-34)25-12-5-4-11-23(25)31/h4-13,18,24H,3,14-17,19H2,1-2H3,(H,32,37). The van der Waals surface area contributed by atoms with Crippen molar-refractivity contribution in [3.05, 3.63) is 83.7 Å². The Morgan fingerprint density at radius 1 is 1.08 bits per heavy atom. The summed E-state index contributed by atoms with van der Waals surface area (Å²) >= 11 is 0. The molecule has 3 heterocycles. The third kappa shape index (κ3) is 4.41. The second kappa shape index (κ2) is 9.80. The summed E-state index contributed by atoms with van der Waals surface area (Å²) in [4.78, 5) is 32.2. The van der Waals surface area contributed by atoms with E-state index in [-0.39, 0.29) is 23.8 Å². The number of benzene rings is 3. The first-order valence-electron chi connectivity index (χ1n) is 13.3. The topological polar surface area (TPSA) is 74.3 Å². The van der Waals surface area contributed by atoms with E-state index in [1.807, 2.05) is 49.1 Å². The number of nitrogens with zero attached hydrogens (tertiary/aromatic N) is 3. The molecular formula is C30H31FN4O4. The van der Waals surface area contributed by atoms with Crippen LogP contribution in [0, 0.1) is 5.82 Å². The molecule has 3 aliphatic heterocycles. The number of hydrogen-bond acceptors (Lipinski definition) is 5. The normalized spacial score (nSPS) is 22.1. The van der Waals surface area contributed by atoms with Crippen molar-refractivity contribution in [2.75, 3.05) is 42.6 Å². The largest absolute Gasteiger partial charge is 0.490 e. The van der Waals surface area contributed by atoms with E-state index >= 15 is 0 Å².